The predicted octanol–water partition coefficient (Wildman–Crippen LogP) is 6.45. The molecule has 0 unspecified atom stereocenters. The number of hydrogen-bond acceptors (Lipinski definition) is 9. The first-order chi connectivity index (χ1) is 23.0. The largest absolute Gasteiger partial charge is 0.383 e. The molecule has 236 valence electrons. The highest BCUT2D eigenvalue weighted by Gasteiger charge is 2.39. The zero-order valence-corrected chi connectivity index (χ0v) is 26.8. The molecular formula is C36H35ClN10. The highest BCUT2D eigenvalue weighted by molar-refractivity contribution is 6.28. The number of nitrogens with zero attached hydrogens (tertiary/aromatic N) is 9. The molecule has 2 aliphatic rings. The van der Waals surface area contributed by atoms with Crippen LogP contribution in [0.2, 0.25) is 5.28 Å². The molecule has 0 radical (unpaired) electrons. The minimum atomic E-state index is 0.252. The zero-order chi connectivity index (χ0) is 31.8. The van der Waals surface area contributed by atoms with Gasteiger partial charge in [0, 0.05) is 37.1 Å². The summed E-state index contributed by atoms with van der Waals surface area (Å²) in [4.78, 5) is 32.0. The summed E-state index contributed by atoms with van der Waals surface area (Å²) in [6, 6.07) is 26.9. The molecule has 2 aromatic carbocycles. The Hall–Kier alpha value is -4.93. The normalized spacial score (nSPS) is 16.6. The van der Waals surface area contributed by atoms with Crippen LogP contribution in [0.4, 0.5) is 11.8 Å². The van der Waals surface area contributed by atoms with Gasteiger partial charge in [-0.2, -0.15) is 4.98 Å². The highest BCUT2D eigenvalue weighted by Crippen LogP contribution is 2.41. The Morgan fingerprint density at radius 1 is 0.787 bits per heavy atom. The van der Waals surface area contributed by atoms with E-state index in [-0.39, 0.29) is 10.7 Å². The number of halogens is 1. The van der Waals surface area contributed by atoms with E-state index in [9.17, 15) is 0 Å². The summed E-state index contributed by atoms with van der Waals surface area (Å²) < 4.78 is 2.10. The third-order valence-electron chi connectivity index (χ3n) is 9.64. The van der Waals surface area contributed by atoms with Gasteiger partial charge >= 0.3 is 0 Å². The molecule has 2 N–H and O–H groups in total. The molecule has 0 saturated carbocycles. The van der Waals surface area contributed by atoms with Crippen LogP contribution in [0.3, 0.4) is 0 Å². The maximum Gasteiger partial charge on any atom is 0.229 e. The van der Waals surface area contributed by atoms with Crippen molar-refractivity contribution in [2.45, 2.75) is 32.2 Å². The van der Waals surface area contributed by atoms with Crippen molar-refractivity contribution in [1.29, 1.82) is 0 Å². The summed E-state index contributed by atoms with van der Waals surface area (Å²) in [7, 11) is 0. The van der Waals surface area contributed by atoms with Gasteiger partial charge in [0.15, 0.2) is 11.5 Å². The average molecular weight is 643 g/mol. The predicted molar refractivity (Wildman–Crippen MR) is 185 cm³/mol. The van der Waals surface area contributed by atoms with Crippen molar-refractivity contribution in [3.8, 4) is 28.3 Å². The van der Waals surface area contributed by atoms with E-state index in [1.165, 1.54) is 18.3 Å². The number of benzene rings is 2. The average Bonchev–Trinajstić information content (AvgIpc) is 3.49. The number of rotatable bonds is 6. The Labute approximate surface area is 278 Å². The highest BCUT2D eigenvalue weighted by atomic mass is 35.5. The fourth-order valence-electron chi connectivity index (χ4n) is 7.16. The van der Waals surface area contributed by atoms with Gasteiger partial charge in [-0.05, 0) is 97.8 Å². The number of piperidine rings is 2. The monoisotopic (exact) mass is 642 g/mol. The third-order valence-corrected chi connectivity index (χ3v) is 9.83. The van der Waals surface area contributed by atoms with Crippen molar-refractivity contribution in [3.63, 3.8) is 0 Å². The zero-order valence-electron chi connectivity index (χ0n) is 26.0. The van der Waals surface area contributed by atoms with Crippen LogP contribution in [0.1, 0.15) is 31.2 Å². The molecule has 10 nitrogen and oxygen atoms in total. The van der Waals surface area contributed by atoms with E-state index in [1.807, 2.05) is 42.5 Å². The van der Waals surface area contributed by atoms with E-state index in [4.69, 9.17) is 27.3 Å². The molecule has 1 spiro atoms. The number of fused-ring (bicyclic) bond motifs is 1. The Bertz CT molecular complexity index is 2020. The fourth-order valence-corrected chi connectivity index (χ4v) is 7.28. The van der Waals surface area contributed by atoms with Gasteiger partial charge < -0.3 is 10.6 Å². The number of nitrogen functional groups attached to an aromatic ring is 1. The van der Waals surface area contributed by atoms with Crippen molar-refractivity contribution in [2.75, 3.05) is 36.8 Å². The Balaban J connectivity index is 1.03. The minimum absolute atomic E-state index is 0.252. The van der Waals surface area contributed by atoms with Crippen LogP contribution in [0, 0.1) is 5.41 Å². The second kappa shape index (κ2) is 12.4. The molecule has 0 aliphatic carbocycles. The Morgan fingerprint density at radius 2 is 1.62 bits per heavy atom. The summed E-state index contributed by atoms with van der Waals surface area (Å²) in [5.74, 6) is 1.85. The van der Waals surface area contributed by atoms with Crippen LogP contribution >= 0.6 is 11.6 Å². The summed E-state index contributed by atoms with van der Waals surface area (Å²) in [5.41, 5.74) is 13.2. The third kappa shape index (κ3) is 5.90. The first-order valence-corrected chi connectivity index (χ1v) is 16.5. The molecule has 2 aliphatic heterocycles. The Kier molecular flexibility index (Phi) is 7.74. The van der Waals surface area contributed by atoms with Gasteiger partial charge in [0.25, 0.3) is 0 Å². The summed E-state index contributed by atoms with van der Waals surface area (Å²) in [6.45, 7) is 4.97. The lowest BCUT2D eigenvalue weighted by atomic mass is 9.72. The van der Waals surface area contributed by atoms with E-state index in [2.05, 4.69) is 70.7 Å². The van der Waals surface area contributed by atoms with Crippen molar-refractivity contribution in [3.05, 3.63) is 102 Å². The fraction of sp³-hybridized carbons (Fsp3) is 0.278. The maximum atomic E-state index is 6.36. The van der Waals surface area contributed by atoms with Crippen molar-refractivity contribution in [1.82, 2.24) is 39.4 Å². The van der Waals surface area contributed by atoms with Crippen LogP contribution in [0.15, 0.2) is 91.4 Å². The van der Waals surface area contributed by atoms with E-state index in [1.54, 1.807) is 6.20 Å². The minimum Gasteiger partial charge on any atom is -0.383 e. The number of pyridine rings is 2. The molecule has 0 atom stereocenters. The SMILES string of the molecule is Nc1ncccc1-c1nc2ccc(-c3ccccc3)nc2n1-c1ccc(CN2CCC3(CCCN(c4ncnc(Cl)n4)C3)CC2)cc1. The van der Waals surface area contributed by atoms with Gasteiger partial charge in [-0.1, -0.05) is 42.5 Å². The molecule has 8 rings (SSSR count). The number of nitrogens with two attached hydrogens (primary N) is 1. The van der Waals surface area contributed by atoms with Crippen LogP contribution in [0.5, 0.6) is 0 Å². The van der Waals surface area contributed by atoms with Gasteiger partial charge in [0.2, 0.25) is 11.2 Å². The lowest BCUT2D eigenvalue weighted by molar-refractivity contribution is 0.0833. The molecule has 2 fully saturated rings. The van der Waals surface area contributed by atoms with Crippen molar-refractivity contribution < 1.29 is 0 Å². The second-order valence-corrected chi connectivity index (χ2v) is 13.0. The quantitative estimate of drug-likeness (QED) is 0.219. The van der Waals surface area contributed by atoms with Gasteiger partial charge in [-0.25, -0.2) is 24.9 Å². The van der Waals surface area contributed by atoms with Gasteiger partial charge in [0.05, 0.1) is 11.3 Å². The molecule has 11 heteroatoms. The van der Waals surface area contributed by atoms with Gasteiger partial charge in [-0.3, -0.25) is 9.47 Å². The first-order valence-electron chi connectivity index (χ1n) is 16.1. The standard InChI is InChI=1S/C36H35ClN10/c37-34-40-24-41-35(44-34)46-19-5-15-36(23-46)16-20-45(21-17-36)22-25-9-11-27(12-10-25)47-32(28-8-4-18-39-31(28)38)43-30-14-13-29(42-33(30)47)26-6-2-1-3-7-26/h1-4,6-14,18,24H,5,15-17,19-23H2,(H2,38,39). The number of hydrogen-bond donors (Lipinski definition) is 1. The molecule has 6 aromatic rings. The van der Waals surface area contributed by atoms with Gasteiger partial charge in [0.1, 0.15) is 17.7 Å². The number of aromatic nitrogens is 7. The first kappa shape index (κ1) is 29.5. The summed E-state index contributed by atoms with van der Waals surface area (Å²) >= 11 is 6.06. The molecule has 6 heterocycles. The van der Waals surface area contributed by atoms with E-state index in [0.29, 0.717) is 11.8 Å². The van der Waals surface area contributed by atoms with Crippen LogP contribution in [-0.4, -0.2) is 65.5 Å². The second-order valence-electron chi connectivity index (χ2n) is 12.6. The van der Waals surface area contributed by atoms with Gasteiger partial charge in [-0.15, -0.1) is 0 Å². The molecule has 2 saturated heterocycles. The van der Waals surface area contributed by atoms with Crippen LogP contribution in [0.25, 0.3) is 39.5 Å². The summed E-state index contributed by atoms with van der Waals surface area (Å²) in [6.07, 6.45) is 7.91. The molecule has 4 aromatic heterocycles. The van der Waals surface area contributed by atoms with Crippen molar-refractivity contribution in [2.24, 2.45) is 5.41 Å². The number of likely N-dealkylation sites (tertiary alicyclic amines) is 1. The topological polar surface area (TPSA) is 115 Å². The van der Waals surface area contributed by atoms with E-state index < -0.39 is 0 Å². The van der Waals surface area contributed by atoms with Crippen molar-refractivity contribution >= 4 is 34.5 Å². The molecular weight excluding hydrogens is 608 g/mol. The summed E-state index contributed by atoms with van der Waals surface area (Å²) in [5, 5.41) is 0.252. The lowest BCUT2D eigenvalue weighted by Crippen LogP contribution is -2.49. The number of imidazole rings is 1. The molecule has 0 amide bonds. The van der Waals surface area contributed by atoms with E-state index in [0.717, 1.165) is 91.5 Å². The van der Waals surface area contributed by atoms with E-state index >= 15 is 0 Å². The maximum absolute atomic E-state index is 6.36. The van der Waals surface area contributed by atoms with Crippen LogP contribution in [-0.2, 0) is 6.54 Å². The molecule has 0 bridgehead atoms. The molecule has 47 heavy (non-hydrogen) atoms. The smallest absolute Gasteiger partial charge is 0.229 e. The Morgan fingerprint density at radius 3 is 2.40 bits per heavy atom. The van der Waals surface area contributed by atoms with Crippen LogP contribution < -0.4 is 10.6 Å². The lowest BCUT2D eigenvalue weighted by Gasteiger charge is -2.47. The number of anilines is 2.